The number of alkyl halides is 4. The summed E-state index contributed by atoms with van der Waals surface area (Å²) in [6.45, 7) is 15.1. The van der Waals surface area contributed by atoms with Gasteiger partial charge in [0.05, 0.1) is 37.4 Å². The van der Waals surface area contributed by atoms with E-state index >= 15 is 17.6 Å². The highest BCUT2D eigenvalue weighted by atomic mass is 31.2. The SMILES string of the molecule is C=C1NC(=O)C=CN1[C@@H]1O[C@](F)(COP(=O)(OCOC(=O)OC(C)C)OCOC(=O)OC(C)C)[C@@H](F)[C@@]1(C)O.CCOc1nc(N)nc2c1ncn2[C@@H]1O[C@](F)(COP(=O)(OCOC(=O)OC(C)C)OCOC(=O)OC(C)C)[C@@H](F)[C@@]1(C)OC(=O)C(N)C(C)C. The number of hydrogen-bond acceptors (Lipinski definition) is 33. The van der Waals surface area contributed by atoms with Gasteiger partial charge in [-0.05, 0) is 82.1 Å². The van der Waals surface area contributed by atoms with Gasteiger partial charge in [-0.3, -0.25) is 23.2 Å². The summed E-state index contributed by atoms with van der Waals surface area (Å²) in [7, 11) is -10.1. The minimum absolute atomic E-state index is 0.0171. The normalized spacial score (nSPS) is 24.6. The molecule has 2 fully saturated rings. The van der Waals surface area contributed by atoms with Crippen LogP contribution in [-0.4, -0.2) is 185 Å². The van der Waals surface area contributed by atoms with Crippen LogP contribution in [0.2, 0.25) is 0 Å². The van der Waals surface area contributed by atoms with E-state index in [1.165, 1.54) is 55.4 Å². The lowest BCUT2D eigenvalue weighted by atomic mass is 9.95. The van der Waals surface area contributed by atoms with Gasteiger partial charge in [-0.2, -0.15) is 9.97 Å². The molecule has 6 N–H and O–H groups in total. The lowest BCUT2D eigenvalue weighted by molar-refractivity contribution is -0.201. The molecular weight excluding hydrogens is 1270 g/mol. The number of rotatable bonds is 29. The fraction of sp³-hybridized carbons (Fsp3) is 0.694. The standard InChI is InChI=1S/C28H43F2N6O14P.C21H31F2N2O13P/c1-9-41-20-18-19(34-24(32)35-20)36(11-33-18)23-27(8,49-21(37)17(31)14(2)3)22(29)28(30,50-23)10-44-51(40,45-12-42-25(38)47-15(4)5)46-13-43-26(39)48-16(6)7;1-12(2)36-18(27)31-10-34-39(30,35-11-32-19(28)37-13(3)4)33-9-21(23)16(22)20(6,29)17(38-21)25-8-7-15(26)24-14(25)5/h11,14-17,22-23H,9-10,12-13,31H2,1-8H3,(H2,32,34,35);7-8,12-13,16-17,29H,5,9-11H2,1-4,6H3,(H,24,26)/t17?,22-,23+,27+,28+;16-,17+,20+,21+/m00/s1. The topological polar surface area (TPSA) is 434 Å². The van der Waals surface area contributed by atoms with Crippen molar-refractivity contribution >= 4 is 69.3 Å². The summed E-state index contributed by atoms with van der Waals surface area (Å²) in [5.41, 5.74) is 6.60. The number of phosphoric ester groups is 2. The lowest BCUT2D eigenvalue weighted by Gasteiger charge is -2.36. The van der Waals surface area contributed by atoms with Gasteiger partial charge >= 0.3 is 46.2 Å². The number of nitrogen functional groups attached to an aromatic ring is 1. The molecule has 510 valence electrons. The Morgan fingerprint density at radius 3 is 1.54 bits per heavy atom. The van der Waals surface area contributed by atoms with Crippen LogP contribution in [0.15, 0.2) is 31.0 Å². The van der Waals surface area contributed by atoms with Crippen molar-refractivity contribution in [3.8, 4) is 5.88 Å². The predicted octanol–water partition coefficient (Wildman–Crippen LogP) is 6.53. The molecule has 3 aliphatic heterocycles. The third-order valence-corrected chi connectivity index (χ3v) is 14.1. The summed E-state index contributed by atoms with van der Waals surface area (Å²) in [5.74, 6) is -9.74. The molecule has 2 aromatic heterocycles. The smallest absolute Gasteiger partial charge is 0.476 e. The van der Waals surface area contributed by atoms with E-state index in [-0.39, 0.29) is 35.4 Å². The van der Waals surface area contributed by atoms with Gasteiger partial charge in [-0.15, -0.1) is 0 Å². The number of amides is 1. The molecule has 5 heterocycles. The van der Waals surface area contributed by atoms with Crippen molar-refractivity contribution in [2.75, 3.05) is 52.7 Å². The maximum absolute atomic E-state index is 16.7. The molecule has 41 heteroatoms. The molecule has 90 heavy (non-hydrogen) atoms. The average Bonchev–Trinajstić information content (AvgIpc) is 1.66. The van der Waals surface area contributed by atoms with E-state index in [2.05, 4.69) is 45.8 Å². The van der Waals surface area contributed by atoms with Crippen LogP contribution in [0.4, 0.5) is 42.7 Å². The average molecular weight is 1350 g/mol. The van der Waals surface area contributed by atoms with Crippen LogP contribution in [0.1, 0.15) is 96.2 Å². The third-order valence-electron chi connectivity index (χ3n) is 11.6. The number of anilines is 1. The van der Waals surface area contributed by atoms with E-state index in [9.17, 15) is 43.0 Å². The Morgan fingerprint density at radius 2 is 1.14 bits per heavy atom. The number of carbonyl (C=O) groups excluding carboxylic acids is 6. The zero-order valence-corrected chi connectivity index (χ0v) is 52.8. The van der Waals surface area contributed by atoms with Crippen LogP contribution in [0.25, 0.3) is 11.2 Å². The number of ether oxygens (including phenoxy) is 12. The zero-order chi connectivity index (χ0) is 67.9. The fourth-order valence-corrected chi connectivity index (χ4v) is 9.27. The van der Waals surface area contributed by atoms with Crippen molar-refractivity contribution in [3.05, 3.63) is 31.0 Å². The highest BCUT2D eigenvalue weighted by Gasteiger charge is 2.69. The number of nitrogens with one attached hydrogen (secondary N) is 1. The monoisotopic (exact) mass is 1340 g/mol. The van der Waals surface area contributed by atoms with Gasteiger partial charge < -0.3 is 83.6 Å². The van der Waals surface area contributed by atoms with Crippen molar-refractivity contribution < 1.29 is 145 Å². The number of nitrogens with two attached hydrogens (primary N) is 2. The summed E-state index contributed by atoms with van der Waals surface area (Å²) in [6, 6.07) is -1.27. The number of halogens is 4. The van der Waals surface area contributed by atoms with Crippen LogP contribution in [0, 0.1) is 5.92 Å². The van der Waals surface area contributed by atoms with Gasteiger partial charge in [0.25, 0.3) is 17.6 Å². The zero-order valence-electron chi connectivity index (χ0n) is 51.0. The Kier molecular flexibility index (Phi) is 26.9. The molecular formula is C49H74F4N8O27P2. The molecule has 0 aliphatic carbocycles. The first-order valence-electron chi connectivity index (χ1n) is 27.0. The molecule has 0 radical (unpaired) electrons. The molecule has 1 unspecified atom stereocenters. The quantitative estimate of drug-likeness (QED) is 0.0221. The van der Waals surface area contributed by atoms with Crippen LogP contribution in [0.5, 0.6) is 5.88 Å². The number of phosphoric acid groups is 2. The second-order valence-electron chi connectivity index (χ2n) is 20.8. The fourth-order valence-electron chi connectivity index (χ4n) is 7.43. The Balaban J connectivity index is 0.000000399. The molecule has 2 saturated heterocycles. The summed E-state index contributed by atoms with van der Waals surface area (Å²) in [5, 5.41) is 13.0. The van der Waals surface area contributed by atoms with Gasteiger partial charge in [0.1, 0.15) is 30.7 Å². The van der Waals surface area contributed by atoms with Crippen LogP contribution >= 0.6 is 15.6 Å². The minimum atomic E-state index is -5.11. The van der Waals surface area contributed by atoms with Crippen LogP contribution < -0.4 is 21.5 Å². The summed E-state index contributed by atoms with van der Waals surface area (Å²) < 4.78 is 180. The number of hydrogen-bond donors (Lipinski definition) is 4. The number of carbonyl (C=O) groups is 6. The van der Waals surface area contributed by atoms with E-state index < -0.39 is 177 Å². The first-order valence-corrected chi connectivity index (χ1v) is 29.9. The van der Waals surface area contributed by atoms with Crippen molar-refractivity contribution in [1.82, 2.24) is 29.7 Å². The van der Waals surface area contributed by atoms with Crippen molar-refractivity contribution in [2.24, 2.45) is 11.7 Å². The number of fused-ring (bicyclic) bond motifs is 1. The van der Waals surface area contributed by atoms with E-state index in [1.54, 1.807) is 20.8 Å². The van der Waals surface area contributed by atoms with Crippen LogP contribution in [0.3, 0.4) is 0 Å². The Morgan fingerprint density at radius 1 is 0.722 bits per heavy atom. The molecule has 0 spiro atoms. The van der Waals surface area contributed by atoms with Crippen molar-refractivity contribution in [1.29, 1.82) is 0 Å². The second-order valence-corrected chi connectivity index (χ2v) is 24.2. The van der Waals surface area contributed by atoms with Gasteiger partial charge in [0.15, 0.2) is 35.4 Å². The van der Waals surface area contributed by atoms with E-state index in [0.29, 0.717) is 0 Å². The Labute approximate surface area is 511 Å². The van der Waals surface area contributed by atoms with E-state index in [0.717, 1.165) is 41.9 Å². The highest BCUT2D eigenvalue weighted by molar-refractivity contribution is 7.48. The van der Waals surface area contributed by atoms with E-state index in [1.807, 2.05) is 0 Å². The van der Waals surface area contributed by atoms with Gasteiger partial charge in [-0.25, -0.2) is 68.9 Å². The van der Waals surface area contributed by atoms with Crippen molar-refractivity contribution in [3.63, 3.8) is 0 Å². The summed E-state index contributed by atoms with van der Waals surface area (Å²) in [6.07, 6.45) is -13.5. The maximum atomic E-state index is 16.7. The Hall–Kier alpha value is -6.77. The summed E-state index contributed by atoms with van der Waals surface area (Å²) >= 11 is 0. The molecule has 35 nitrogen and oxygen atoms in total. The summed E-state index contributed by atoms with van der Waals surface area (Å²) in [4.78, 5) is 84.4. The Bertz CT molecular complexity index is 2900. The number of imidazole rings is 1. The molecule has 9 atom stereocenters. The largest absolute Gasteiger partial charge is 0.510 e. The molecule has 0 saturated carbocycles. The van der Waals surface area contributed by atoms with Gasteiger partial charge in [-0.1, -0.05) is 20.4 Å². The first kappa shape index (κ1) is 75.7. The molecule has 0 aromatic carbocycles. The first-order chi connectivity index (χ1) is 41.7. The predicted molar refractivity (Wildman–Crippen MR) is 291 cm³/mol. The number of esters is 1. The molecule has 3 aliphatic rings. The van der Waals surface area contributed by atoms with Gasteiger partial charge in [0.2, 0.25) is 45.2 Å². The number of aliphatic hydroxyl groups is 1. The van der Waals surface area contributed by atoms with Gasteiger partial charge in [0, 0.05) is 12.3 Å². The highest BCUT2D eigenvalue weighted by Crippen LogP contribution is 2.56. The molecule has 2 aromatic rings. The molecule has 0 bridgehead atoms. The van der Waals surface area contributed by atoms with Crippen molar-refractivity contribution in [2.45, 2.75) is 168 Å². The number of aromatic nitrogens is 4. The minimum Gasteiger partial charge on any atom is -0.476 e. The lowest BCUT2D eigenvalue weighted by Crippen LogP contribution is -2.53. The maximum Gasteiger partial charge on any atom is 0.510 e. The van der Waals surface area contributed by atoms with Crippen LogP contribution in [-0.2, 0) is 98.0 Å². The van der Waals surface area contributed by atoms with E-state index in [4.69, 9.17) is 76.5 Å². The molecule has 5 rings (SSSR count). The second kappa shape index (κ2) is 32.0. The molecule has 1 amide bonds. The number of nitrogens with zero attached hydrogens (tertiary/aromatic N) is 5. The third kappa shape index (κ3) is 20.6.